The summed E-state index contributed by atoms with van der Waals surface area (Å²) < 4.78 is 0. The van der Waals surface area contributed by atoms with Crippen LogP contribution in [0.5, 0.6) is 0 Å². The van der Waals surface area contributed by atoms with E-state index >= 15 is 0 Å². The summed E-state index contributed by atoms with van der Waals surface area (Å²) >= 11 is 0. The van der Waals surface area contributed by atoms with E-state index in [9.17, 15) is 4.79 Å². The number of carboxylic acid groups (broad SMARTS) is 1. The maximum absolute atomic E-state index is 10.8. The fourth-order valence-electron chi connectivity index (χ4n) is 1.41. The molecule has 0 aliphatic rings. The lowest BCUT2D eigenvalue weighted by Gasteiger charge is -2.10. The van der Waals surface area contributed by atoms with Crippen molar-refractivity contribution in [2.75, 3.05) is 0 Å². The third kappa shape index (κ3) is 2.08. The second-order valence-electron chi connectivity index (χ2n) is 3.11. The van der Waals surface area contributed by atoms with E-state index in [1.54, 1.807) is 6.92 Å². The second kappa shape index (κ2) is 4.08. The summed E-state index contributed by atoms with van der Waals surface area (Å²) in [6.45, 7) is 3.75. The maximum atomic E-state index is 10.8. The van der Waals surface area contributed by atoms with Gasteiger partial charge in [-0.3, -0.25) is 4.79 Å². The Hall–Kier alpha value is -1.31. The first kappa shape index (κ1) is 9.78. The molecule has 0 heterocycles. The van der Waals surface area contributed by atoms with Crippen LogP contribution in [-0.2, 0) is 11.2 Å². The average molecular weight is 178 g/mol. The van der Waals surface area contributed by atoms with Crippen LogP contribution < -0.4 is 0 Å². The zero-order valence-electron chi connectivity index (χ0n) is 7.95. The maximum Gasteiger partial charge on any atom is 0.310 e. The van der Waals surface area contributed by atoms with E-state index in [1.807, 2.05) is 31.2 Å². The fraction of sp³-hybridized carbons (Fsp3) is 0.364. The van der Waals surface area contributed by atoms with Crippen LogP contribution in [0.15, 0.2) is 24.3 Å². The van der Waals surface area contributed by atoms with Crippen LogP contribution in [0.25, 0.3) is 0 Å². The van der Waals surface area contributed by atoms with Crippen LogP contribution in [0.3, 0.4) is 0 Å². The SMILES string of the molecule is CCc1ccccc1[C@H](C)C(=O)O. The van der Waals surface area contributed by atoms with Crippen LogP contribution in [0, 0.1) is 0 Å². The quantitative estimate of drug-likeness (QED) is 0.771. The number of hydrogen-bond acceptors (Lipinski definition) is 1. The van der Waals surface area contributed by atoms with Crippen LogP contribution >= 0.6 is 0 Å². The molecule has 0 fully saturated rings. The van der Waals surface area contributed by atoms with E-state index in [2.05, 4.69) is 0 Å². The number of carboxylic acids is 1. The molecule has 0 saturated carbocycles. The van der Waals surface area contributed by atoms with Crippen LogP contribution in [0.1, 0.15) is 30.9 Å². The molecule has 0 bridgehead atoms. The van der Waals surface area contributed by atoms with Gasteiger partial charge in [0, 0.05) is 0 Å². The molecule has 1 atom stereocenters. The smallest absolute Gasteiger partial charge is 0.310 e. The first-order chi connectivity index (χ1) is 6.16. The minimum Gasteiger partial charge on any atom is -0.481 e. The number of rotatable bonds is 3. The van der Waals surface area contributed by atoms with Gasteiger partial charge in [-0.1, -0.05) is 31.2 Å². The Morgan fingerprint density at radius 3 is 2.62 bits per heavy atom. The normalized spacial score (nSPS) is 12.5. The van der Waals surface area contributed by atoms with Crippen LogP contribution in [0.2, 0.25) is 0 Å². The molecular formula is C11H14O2. The molecule has 0 aromatic heterocycles. The van der Waals surface area contributed by atoms with Gasteiger partial charge in [0.1, 0.15) is 0 Å². The highest BCUT2D eigenvalue weighted by Gasteiger charge is 2.15. The summed E-state index contributed by atoms with van der Waals surface area (Å²) in [5.74, 6) is -1.17. The Morgan fingerprint density at radius 2 is 2.08 bits per heavy atom. The Morgan fingerprint density at radius 1 is 1.46 bits per heavy atom. The minimum atomic E-state index is -0.763. The Bertz CT molecular complexity index is 305. The Balaban J connectivity index is 3.05. The van der Waals surface area contributed by atoms with Gasteiger partial charge < -0.3 is 5.11 Å². The highest BCUT2D eigenvalue weighted by atomic mass is 16.4. The fourth-order valence-corrected chi connectivity index (χ4v) is 1.41. The number of aryl methyl sites for hydroxylation is 1. The van der Waals surface area contributed by atoms with Crippen molar-refractivity contribution >= 4 is 5.97 Å². The highest BCUT2D eigenvalue weighted by Crippen LogP contribution is 2.20. The summed E-state index contributed by atoms with van der Waals surface area (Å²) in [6.07, 6.45) is 0.883. The summed E-state index contributed by atoms with van der Waals surface area (Å²) in [7, 11) is 0. The number of aliphatic carboxylic acids is 1. The molecule has 2 heteroatoms. The molecular weight excluding hydrogens is 164 g/mol. The predicted molar refractivity (Wildman–Crippen MR) is 51.9 cm³/mol. The van der Waals surface area contributed by atoms with Gasteiger partial charge in [0.2, 0.25) is 0 Å². The third-order valence-corrected chi connectivity index (χ3v) is 2.27. The second-order valence-corrected chi connectivity index (χ2v) is 3.11. The van der Waals surface area contributed by atoms with E-state index in [0.717, 1.165) is 17.5 Å². The third-order valence-electron chi connectivity index (χ3n) is 2.27. The molecule has 0 spiro atoms. The predicted octanol–water partition coefficient (Wildman–Crippen LogP) is 2.44. The largest absolute Gasteiger partial charge is 0.481 e. The zero-order valence-corrected chi connectivity index (χ0v) is 7.95. The molecule has 13 heavy (non-hydrogen) atoms. The molecule has 0 amide bonds. The monoisotopic (exact) mass is 178 g/mol. The van der Waals surface area contributed by atoms with Crippen molar-refractivity contribution < 1.29 is 9.90 Å². The van der Waals surface area contributed by atoms with E-state index in [0.29, 0.717) is 0 Å². The standard InChI is InChI=1S/C11H14O2/c1-3-9-6-4-5-7-10(9)8(2)11(12)13/h4-8H,3H2,1-2H3,(H,12,13)/t8-/m0/s1. The van der Waals surface area contributed by atoms with Crippen LogP contribution in [-0.4, -0.2) is 11.1 Å². The van der Waals surface area contributed by atoms with E-state index in [-0.39, 0.29) is 0 Å². The first-order valence-electron chi connectivity index (χ1n) is 4.47. The Kier molecular flexibility index (Phi) is 3.07. The van der Waals surface area contributed by atoms with Crippen molar-refractivity contribution in [2.45, 2.75) is 26.2 Å². The van der Waals surface area contributed by atoms with E-state index in [1.165, 1.54) is 0 Å². The van der Waals surface area contributed by atoms with Gasteiger partial charge in [0.25, 0.3) is 0 Å². The van der Waals surface area contributed by atoms with Crippen molar-refractivity contribution in [3.8, 4) is 0 Å². The number of benzene rings is 1. The van der Waals surface area contributed by atoms with E-state index in [4.69, 9.17) is 5.11 Å². The molecule has 70 valence electrons. The zero-order chi connectivity index (χ0) is 9.84. The van der Waals surface area contributed by atoms with Gasteiger partial charge in [0.15, 0.2) is 0 Å². The molecule has 2 nitrogen and oxygen atoms in total. The molecule has 0 saturated heterocycles. The Labute approximate surface area is 78.2 Å². The van der Waals surface area contributed by atoms with Crippen molar-refractivity contribution in [1.82, 2.24) is 0 Å². The molecule has 1 aromatic rings. The molecule has 1 rings (SSSR count). The van der Waals surface area contributed by atoms with Gasteiger partial charge in [-0.25, -0.2) is 0 Å². The topological polar surface area (TPSA) is 37.3 Å². The van der Waals surface area contributed by atoms with Gasteiger partial charge in [-0.15, -0.1) is 0 Å². The number of carbonyl (C=O) groups is 1. The average Bonchev–Trinajstić information content (AvgIpc) is 2.16. The summed E-state index contributed by atoms with van der Waals surface area (Å²) in [6, 6.07) is 7.69. The molecule has 0 aliphatic carbocycles. The van der Waals surface area contributed by atoms with Gasteiger partial charge in [-0.05, 0) is 24.5 Å². The van der Waals surface area contributed by atoms with E-state index < -0.39 is 11.9 Å². The molecule has 0 unspecified atom stereocenters. The summed E-state index contributed by atoms with van der Waals surface area (Å²) in [4.78, 5) is 10.8. The van der Waals surface area contributed by atoms with Crippen molar-refractivity contribution in [2.24, 2.45) is 0 Å². The lowest BCUT2D eigenvalue weighted by Crippen LogP contribution is -2.09. The van der Waals surface area contributed by atoms with Crippen LogP contribution in [0.4, 0.5) is 0 Å². The van der Waals surface area contributed by atoms with Crippen molar-refractivity contribution in [1.29, 1.82) is 0 Å². The van der Waals surface area contributed by atoms with Gasteiger partial charge >= 0.3 is 5.97 Å². The lowest BCUT2D eigenvalue weighted by molar-refractivity contribution is -0.138. The molecule has 0 radical (unpaired) electrons. The van der Waals surface area contributed by atoms with Crippen molar-refractivity contribution in [3.05, 3.63) is 35.4 Å². The van der Waals surface area contributed by atoms with Crippen molar-refractivity contribution in [3.63, 3.8) is 0 Å². The van der Waals surface area contributed by atoms with Gasteiger partial charge in [0.05, 0.1) is 5.92 Å². The lowest BCUT2D eigenvalue weighted by atomic mass is 9.95. The molecule has 0 aliphatic heterocycles. The minimum absolute atomic E-state index is 0.406. The molecule has 1 aromatic carbocycles. The van der Waals surface area contributed by atoms with Gasteiger partial charge in [-0.2, -0.15) is 0 Å². The summed E-state index contributed by atoms with van der Waals surface area (Å²) in [5.41, 5.74) is 2.05. The summed E-state index contributed by atoms with van der Waals surface area (Å²) in [5, 5.41) is 8.86. The number of hydrogen-bond donors (Lipinski definition) is 1. The highest BCUT2D eigenvalue weighted by molar-refractivity contribution is 5.76. The molecule has 1 N–H and O–H groups in total. The first-order valence-corrected chi connectivity index (χ1v) is 4.47.